The van der Waals surface area contributed by atoms with Crippen LogP contribution in [0.2, 0.25) is 0 Å². The van der Waals surface area contributed by atoms with E-state index < -0.39 is 0 Å². The van der Waals surface area contributed by atoms with E-state index in [0.717, 1.165) is 17.1 Å². The molecule has 3 heteroatoms. The second-order valence-electron chi connectivity index (χ2n) is 5.47. The molecule has 0 aliphatic rings. The van der Waals surface area contributed by atoms with E-state index in [2.05, 4.69) is 62.4 Å². The minimum Gasteiger partial charge on any atom is -0.236 e. The third-order valence-electron chi connectivity index (χ3n) is 3.61. The van der Waals surface area contributed by atoms with Crippen molar-refractivity contribution in [3.63, 3.8) is 0 Å². The second kappa shape index (κ2) is 6.64. The van der Waals surface area contributed by atoms with Gasteiger partial charge in [0, 0.05) is 21.9 Å². The highest BCUT2D eigenvalue weighted by atomic mass is 35.5. The molecule has 2 aromatic carbocycles. The van der Waals surface area contributed by atoms with Crippen molar-refractivity contribution in [2.75, 3.05) is 5.88 Å². The molecule has 0 bridgehead atoms. The first-order valence-electron chi connectivity index (χ1n) is 7.37. The third kappa shape index (κ3) is 3.23. The summed E-state index contributed by atoms with van der Waals surface area (Å²) in [4.78, 5) is 6.16. The van der Waals surface area contributed by atoms with Crippen LogP contribution in [0.3, 0.4) is 0 Å². The van der Waals surface area contributed by atoms with Gasteiger partial charge in [0.05, 0.1) is 5.69 Å². The number of alkyl halides is 1. The Morgan fingerprint density at radius 2 is 1.73 bits per heavy atom. The molecular weight excluding hydrogens is 310 g/mol. The summed E-state index contributed by atoms with van der Waals surface area (Å²) in [6.07, 6.45) is 0.855. The minimum atomic E-state index is 0.619. The van der Waals surface area contributed by atoms with E-state index in [4.69, 9.17) is 16.6 Å². The number of rotatable bonds is 4. The van der Waals surface area contributed by atoms with Gasteiger partial charge in [-0.3, -0.25) is 0 Å². The Kier molecular flexibility index (Phi) is 4.60. The van der Waals surface area contributed by atoms with Crippen LogP contribution in [-0.2, 0) is 6.42 Å². The Morgan fingerprint density at radius 1 is 0.955 bits per heavy atom. The predicted octanol–water partition coefficient (Wildman–Crippen LogP) is 5.88. The van der Waals surface area contributed by atoms with Crippen LogP contribution >= 0.6 is 22.9 Å². The van der Waals surface area contributed by atoms with Crippen LogP contribution in [0.25, 0.3) is 21.8 Å². The summed E-state index contributed by atoms with van der Waals surface area (Å²) in [5.41, 5.74) is 5.93. The van der Waals surface area contributed by atoms with E-state index in [1.54, 1.807) is 11.3 Å². The monoisotopic (exact) mass is 327 g/mol. The maximum absolute atomic E-state index is 5.98. The molecule has 0 unspecified atom stereocenters. The summed E-state index contributed by atoms with van der Waals surface area (Å²) in [6.45, 7) is 4.21. The number of aryl methyl sites for hydroxylation is 3. The molecule has 0 radical (unpaired) electrons. The van der Waals surface area contributed by atoms with Gasteiger partial charge in [0.1, 0.15) is 5.01 Å². The van der Waals surface area contributed by atoms with Crippen molar-refractivity contribution in [2.24, 2.45) is 0 Å². The number of halogens is 1. The maximum Gasteiger partial charge on any atom is 0.124 e. The standard InChI is InChI=1S/C19H18ClNS/c1-13-6-8-15(9-7-13)18-17(10-11-20)22-19(21-18)16-5-3-4-14(2)12-16/h3-9,12H,10-11H2,1-2H3. The lowest BCUT2D eigenvalue weighted by atomic mass is 10.1. The lowest BCUT2D eigenvalue weighted by Gasteiger charge is -2.01. The highest BCUT2D eigenvalue weighted by molar-refractivity contribution is 7.15. The van der Waals surface area contributed by atoms with Crippen LogP contribution in [0.15, 0.2) is 48.5 Å². The Balaban J connectivity index is 2.07. The van der Waals surface area contributed by atoms with Crippen LogP contribution in [0.4, 0.5) is 0 Å². The molecular formula is C19H18ClNS. The van der Waals surface area contributed by atoms with Gasteiger partial charge in [-0.25, -0.2) is 4.98 Å². The van der Waals surface area contributed by atoms with E-state index in [9.17, 15) is 0 Å². The molecule has 1 nitrogen and oxygen atoms in total. The molecule has 1 heterocycles. The van der Waals surface area contributed by atoms with E-state index in [0.29, 0.717) is 5.88 Å². The lowest BCUT2D eigenvalue weighted by Crippen LogP contribution is -1.87. The minimum absolute atomic E-state index is 0.619. The van der Waals surface area contributed by atoms with E-state index in [1.165, 1.54) is 27.1 Å². The molecule has 0 saturated heterocycles. The predicted molar refractivity (Wildman–Crippen MR) is 96.9 cm³/mol. The summed E-state index contributed by atoms with van der Waals surface area (Å²) in [6, 6.07) is 17.0. The number of nitrogens with zero attached hydrogens (tertiary/aromatic N) is 1. The van der Waals surface area contributed by atoms with Gasteiger partial charge >= 0.3 is 0 Å². The molecule has 0 spiro atoms. The van der Waals surface area contributed by atoms with Crippen LogP contribution in [0, 0.1) is 13.8 Å². The van der Waals surface area contributed by atoms with Crippen LogP contribution in [-0.4, -0.2) is 10.9 Å². The smallest absolute Gasteiger partial charge is 0.124 e. The van der Waals surface area contributed by atoms with Crippen molar-refractivity contribution in [3.05, 3.63) is 64.5 Å². The molecule has 0 aliphatic heterocycles. The fourth-order valence-electron chi connectivity index (χ4n) is 2.45. The van der Waals surface area contributed by atoms with Crippen molar-refractivity contribution >= 4 is 22.9 Å². The number of thiazole rings is 1. The van der Waals surface area contributed by atoms with Gasteiger partial charge in [-0.2, -0.15) is 0 Å². The molecule has 0 atom stereocenters. The van der Waals surface area contributed by atoms with Crippen molar-refractivity contribution in [3.8, 4) is 21.8 Å². The second-order valence-corrected chi connectivity index (χ2v) is 6.93. The Bertz CT molecular complexity index is 774. The summed E-state index contributed by atoms with van der Waals surface area (Å²) < 4.78 is 0. The highest BCUT2D eigenvalue weighted by Gasteiger charge is 2.14. The SMILES string of the molecule is Cc1ccc(-c2nc(-c3cccc(C)c3)sc2CCCl)cc1. The number of benzene rings is 2. The molecule has 0 aliphatic carbocycles. The Hall–Kier alpha value is -1.64. The normalized spacial score (nSPS) is 10.9. The topological polar surface area (TPSA) is 12.9 Å². The summed E-state index contributed by atoms with van der Waals surface area (Å²) in [5.74, 6) is 0.619. The first-order valence-corrected chi connectivity index (χ1v) is 8.72. The molecule has 3 rings (SSSR count). The zero-order valence-electron chi connectivity index (χ0n) is 12.8. The van der Waals surface area contributed by atoms with Crippen LogP contribution in [0.1, 0.15) is 16.0 Å². The van der Waals surface area contributed by atoms with Gasteiger partial charge in [-0.1, -0.05) is 53.6 Å². The molecule has 0 fully saturated rings. The zero-order valence-corrected chi connectivity index (χ0v) is 14.3. The molecule has 22 heavy (non-hydrogen) atoms. The van der Waals surface area contributed by atoms with E-state index in [1.807, 2.05) is 0 Å². The summed E-state index contributed by atoms with van der Waals surface area (Å²) in [7, 11) is 0. The van der Waals surface area contributed by atoms with Gasteiger partial charge in [-0.05, 0) is 26.3 Å². The molecule has 1 aromatic heterocycles. The van der Waals surface area contributed by atoms with E-state index >= 15 is 0 Å². The molecule has 0 saturated carbocycles. The quantitative estimate of drug-likeness (QED) is 0.546. The Labute approximate surface area is 140 Å². The number of aromatic nitrogens is 1. The Morgan fingerprint density at radius 3 is 2.41 bits per heavy atom. The average molecular weight is 328 g/mol. The van der Waals surface area contributed by atoms with Crippen molar-refractivity contribution in [1.29, 1.82) is 0 Å². The molecule has 112 valence electrons. The zero-order chi connectivity index (χ0) is 15.5. The lowest BCUT2D eigenvalue weighted by molar-refractivity contribution is 1.18. The first-order chi connectivity index (χ1) is 10.7. The number of hydrogen-bond donors (Lipinski definition) is 0. The van der Waals surface area contributed by atoms with Gasteiger partial charge in [0.15, 0.2) is 0 Å². The summed E-state index contributed by atoms with van der Waals surface area (Å²) >= 11 is 7.73. The highest BCUT2D eigenvalue weighted by Crippen LogP contribution is 2.34. The largest absolute Gasteiger partial charge is 0.236 e. The molecule has 3 aromatic rings. The van der Waals surface area contributed by atoms with Crippen molar-refractivity contribution in [1.82, 2.24) is 4.98 Å². The molecule has 0 amide bonds. The van der Waals surface area contributed by atoms with E-state index in [-0.39, 0.29) is 0 Å². The molecule has 0 N–H and O–H groups in total. The first kappa shape index (κ1) is 15.3. The summed E-state index contributed by atoms with van der Waals surface area (Å²) in [5, 5.41) is 1.07. The average Bonchev–Trinajstić information content (AvgIpc) is 2.92. The van der Waals surface area contributed by atoms with Gasteiger partial charge in [0.25, 0.3) is 0 Å². The van der Waals surface area contributed by atoms with Crippen LogP contribution < -0.4 is 0 Å². The van der Waals surface area contributed by atoms with Crippen LogP contribution in [0.5, 0.6) is 0 Å². The fourth-order valence-corrected chi connectivity index (χ4v) is 3.83. The van der Waals surface area contributed by atoms with Crippen molar-refractivity contribution < 1.29 is 0 Å². The van der Waals surface area contributed by atoms with Gasteiger partial charge in [0.2, 0.25) is 0 Å². The fraction of sp³-hybridized carbons (Fsp3) is 0.211. The van der Waals surface area contributed by atoms with Gasteiger partial charge < -0.3 is 0 Å². The third-order valence-corrected chi connectivity index (χ3v) is 4.96. The van der Waals surface area contributed by atoms with Crippen molar-refractivity contribution in [2.45, 2.75) is 20.3 Å². The van der Waals surface area contributed by atoms with Gasteiger partial charge in [-0.15, -0.1) is 22.9 Å². The number of hydrogen-bond acceptors (Lipinski definition) is 2. The maximum atomic E-state index is 5.98.